The quantitative estimate of drug-likeness (QED) is 0.809. The number of para-hydroxylation sites is 1. The van der Waals surface area contributed by atoms with E-state index in [1.54, 1.807) is 24.3 Å². The zero-order valence-corrected chi connectivity index (χ0v) is 14.8. The molecular formula is C20H24N2O3. The van der Waals surface area contributed by atoms with Crippen molar-refractivity contribution in [1.29, 1.82) is 0 Å². The molecule has 2 aromatic carbocycles. The summed E-state index contributed by atoms with van der Waals surface area (Å²) in [6.07, 6.45) is -0.0263. The molecule has 132 valence electrons. The van der Waals surface area contributed by atoms with Gasteiger partial charge in [0.1, 0.15) is 5.75 Å². The molecule has 0 spiro atoms. The second-order valence-electron chi connectivity index (χ2n) is 6.02. The maximum Gasteiger partial charge on any atom is 0.265 e. The van der Waals surface area contributed by atoms with Crippen molar-refractivity contribution in [3.05, 3.63) is 60.2 Å². The maximum atomic E-state index is 12.4. The Bertz CT molecular complexity index is 697. The summed E-state index contributed by atoms with van der Waals surface area (Å²) in [6.45, 7) is 5.71. The van der Waals surface area contributed by atoms with Crippen molar-refractivity contribution in [1.82, 2.24) is 5.32 Å². The molecular weight excluding hydrogens is 316 g/mol. The first-order chi connectivity index (χ1) is 12.0. The number of anilines is 1. The first-order valence-corrected chi connectivity index (χ1v) is 8.43. The van der Waals surface area contributed by atoms with Crippen LogP contribution in [-0.2, 0) is 4.79 Å². The monoisotopic (exact) mass is 340 g/mol. The molecule has 25 heavy (non-hydrogen) atoms. The molecule has 0 aromatic heterocycles. The molecule has 2 amide bonds. The topological polar surface area (TPSA) is 67.4 Å². The Hall–Kier alpha value is -2.82. The molecule has 1 unspecified atom stereocenters. The number of amides is 2. The summed E-state index contributed by atoms with van der Waals surface area (Å²) in [7, 11) is 0. The number of hydrogen-bond donors (Lipinski definition) is 2. The summed E-state index contributed by atoms with van der Waals surface area (Å²) in [5.74, 6) is 0.308. The fraction of sp³-hybridized carbons (Fsp3) is 0.300. The van der Waals surface area contributed by atoms with Crippen LogP contribution in [0.2, 0.25) is 0 Å². The number of hydrogen-bond acceptors (Lipinski definition) is 3. The lowest BCUT2D eigenvalue weighted by Gasteiger charge is -2.17. The molecule has 0 aliphatic heterocycles. The Labute approximate surface area is 148 Å². The number of ether oxygens (including phenoxy) is 1. The average molecular weight is 340 g/mol. The van der Waals surface area contributed by atoms with E-state index in [1.807, 2.05) is 51.1 Å². The van der Waals surface area contributed by atoms with Gasteiger partial charge in [0.15, 0.2) is 6.10 Å². The van der Waals surface area contributed by atoms with Gasteiger partial charge in [0.25, 0.3) is 11.8 Å². The van der Waals surface area contributed by atoms with Gasteiger partial charge in [0.2, 0.25) is 0 Å². The lowest BCUT2D eigenvalue weighted by atomic mass is 10.1. The lowest BCUT2D eigenvalue weighted by Crippen LogP contribution is -2.32. The molecule has 1 atom stereocenters. The van der Waals surface area contributed by atoms with Gasteiger partial charge in [0, 0.05) is 17.3 Å². The van der Waals surface area contributed by atoms with Crippen molar-refractivity contribution in [2.24, 2.45) is 0 Å². The van der Waals surface area contributed by atoms with Gasteiger partial charge in [-0.15, -0.1) is 0 Å². The SMILES string of the molecule is CCC(Oc1ccccc1)C(=O)Nc1ccc(C(=O)NC(C)C)cc1. The molecule has 0 aliphatic rings. The van der Waals surface area contributed by atoms with Crippen molar-refractivity contribution in [3.8, 4) is 5.75 Å². The van der Waals surface area contributed by atoms with Crippen LogP contribution in [-0.4, -0.2) is 24.0 Å². The minimum Gasteiger partial charge on any atom is -0.481 e. The van der Waals surface area contributed by atoms with Crippen molar-refractivity contribution < 1.29 is 14.3 Å². The van der Waals surface area contributed by atoms with Gasteiger partial charge < -0.3 is 15.4 Å². The van der Waals surface area contributed by atoms with E-state index < -0.39 is 6.10 Å². The van der Waals surface area contributed by atoms with Crippen LogP contribution < -0.4 is 15.4 Å². The van der Waals surface area contributed by atoms with E-state index >= 15 is 0 Å². The van der Waals surface area contributed by atoms with Crippen LogP contribution in [0, 0.1) is 0 Å². The molecule has 0 bridgehead atoms. The molecule has 2 rings (SSSR count). The summed E-state index contributed by atoms with van der Waals surface area (Å²) in [6, 6.07) is 16.1. The summed E-state index contributed by atoms with van der Waals surface area (Å²) in [4.78, 5) is 24.3. The molecule has 2 N–H and O–H groups in total. The molecule has 0 saturated heterocycles. The van der Waals surface area contributed by atoms with Gasteiger partial charge in [-0.05, 0) is 56.7 Å². The van der Waals surface area contributed by atoms with Crippen molar-refractivity contribution in [3.63, 3.8) is 0 Å². The summed E-state index contributed by atoms with van der Waals surface area (Å²) in [5, 5.41) is 5.65. The number of rotatable bonds is 7. The summed E-state index contributed by atoms with van der Waals surface area (Å²) in [5.41, 5.74) is 1.18. The highest BCUT2D eigenvalue weighted by atomic mass is 16.5. The van der Waals surface area contributed by atoms with Gasteiger partial charge >= 0.3 is 0 Å². The predicted molar refractivity (Wildman–Crippen MR) is 98.8 cm³/mol. The first-order valence-electron chi connectivity index (χ1n) is 8.43. The van der Waals surface area contributed by atoms with E-state index in [4.69, 9.17) is 4.74 Å². The zero-order chi connectivity index (χ0) is 18.2. The third kappa shape index (κ3) is 5.64. The lowest BCUT2D eigenvalue weighted by molar-refractivity contribution is -0.122. The Kier molecular flexibility index (Phi) is 6.57. The molecule has 0 fully saturated rings. The Morgan fingerprint density at radius 2 is 1.64 bits per heavy atom. The molecule has 0 heterocycles. The predicted octanol–water partition coefficient (Wildman–Crippen LogP) is 3.62. The molecule has 0 saturated carbocycles. The highest BCUT2D eigenvalue weighted by molar-refractivity contribution is 5.97. The normalized spacial score (nSPS) is 11.7. The Balaban J connectivity index is 1.98. The molecule has 2 aromatic rings. The summed E-state index contributed by atoms with van der Waals surface area (Å²) < 4.78 is 5.73. The van der Waals surface area contributed by atoms with E-state index in [9.17, 15) is 9.59 Å². The second kappa shape index (κ2) is 8.87. The largest absolute Gasteiger partial charge is 0.481 e. The fourth-order valence-electron chi connectivity index (χ4n) is 2.26. The zero-order valence-electron chi connectivity index (χ0n) is 14.8. The third-order valence-electron chi connectivity index (χ3n) is 3.52. The van der Waals surface area contributed by atoms with E-state index in [0.717, 1.165) is 0 Å². The van der Waals surface area contributed by atoms with Crippen molar-refractivity contribution >= 4 is 17.5 Å². The molecule has 0 aliphatic carbocycles. The smallest absolute Gasteiger partial charge is 0.265 e. The Morgan fingerprint density at radius 3 is 2.20 bits per heavy atom. The minimum absolute atomic E-state index is 0.0762. The molecule has 0 radical (unpaired) electrons. The number of nitrogens with one attached hydrogen (secondary N) is 2. The highest BCUT2D eigenvalue weighted by Gasteiger charge is 2.18. The van der Waals surface area contributed by atoms with Crippen LogP contribution in [0.15, 0.2) is 54.6 Å². The van der Waals surface area contributed by atoms with Crippen molar-refractivity contribution in [2.45, 2.75) is 39.3 Å². The van der Waals surface area contributed by atoms with Crippen molar-refractivity contribution in [2.75, 3.05) is 5.32 Å². The van der Waals surface area contributed by atoms with Gasteiger partial charge in [-0.25, -0.2) is 0 Å². The number of benzene rings is 2. The van der Waals surface area contributed by atoms with Crippen LogP contribution in [0.5, 0.6) is 5.75 Å². The van der Waals surface area contributed by atoms with E-state index in [0.29, 0.717) is 23.4 Å². The minimum atomic E-state index is -0.577. The van der Waals surface area contributed by atoms with E-state index in [-0.39, 0.29) is 17.9 Å². The third-order valence-corrected chi connectivity index (χ3v) is 3.52. The first kappa shape index (κ1) is 18.5. The average Bonchev–Trinajstić information content (AvgIpc) is 2.60. The summed E-state index contributed by atoms with van der Waals surface area (Å²) >= 11 is 0. The standard InChI is InChI=1S/C20H24N2O3/c1-4-18(25-17-8-6-5-7-9-17)20(24)22-16-12-10-15(11-13-16)19(23)21-14(2)3/h5-14,18H,4H2,1-3H3,(H,21,23)(H,22,24). The Morgan fingerprint density at radius 1 is 1.00 bits per heavy atom. The van der Waals surface area contributed by atoms with Crippen LogP contribution in [0.1, 0.15) is 37.6 Å². The van der Waals surface area contributed by atoms with Gasteiger partial charge in [-0.3, -0.25) is 9.59 Å². The molecule has 5 nitrogen and oxygen atoms in total. The van der Waals surface area contributed by atoms with Crippen LogP contribution in [0.25, 0.3) is 0 Å². The fourth-order valence-corrected chi connectivity index (χ4v) is 2.26. The maximum absolute atomic E-state index is 12.4. The van der Waals surface area contributed by atoms with Crippen LogP contribution in [0.3, 0.4) is 0 Å². The van der Waals surface area contributed by atoms with E-state index in [2.05, 4.69) is 10.6 Å². The van der Waals surface area contributed by atoms with Gasteiger partial charge in [0.05, 0.1) is 0 Å². The number of carbonyl (C=O) groups is 2. The molecule has 5 heteroatoms. The van der Waals surface area contributed by atoms with Crippen LogP contribution >= 0.6 is 0 Å². The van der Waals surface area contributed by atoms with Crippen LogP contribution in [0.4, 0.5) is 5.69 Å². The van der Waals surface area contributed by atoms with E-state index in [1.165, 1.54) is 0 Å². The number of carbonyl (C=O) groups excluding carboxylic acids is 2. The van der Waals surface area contributed by atoms with Gasteiger partial charge in [-0.1, -0.05) is 25.1 Å². The second-order valence-corrected chi connectivity index (χ2v) is 6.02. The highest BCUT2D eigenvalue weighted by Crippen LogP contribution is 2.15. The van der Waals surface area contributed by atoms with Gasteiger partial charge in [-0.2, -0.15) is 0 Å².